The maximum absolute atomic E-state index is 13.7. The van der Waals surface area contributed by atoms with Crippen LogP contribution in [0.4, 0.5) is 20.2 Å². The summed E-state index contributed by atoms with van der Waals surface area (Å²) in [5.74, 6) is -2.61. The van der Waals surface area contributed by atoms with Crippen molar-refractivity contribution in [2.45, 2.75) is 13.0 Å². The average Bonchev–Trinajstić information content (AvgIpc) is 2.47. The van der Waals surface area contributed by atoms with Crippen molar-refractivity contribution in [3.05, 3.63) is 58.1 Å². The molecular weight excluding hydrogens is 409 g/mol. The lowest BCUT2D eigenvalue weighted by Crippen LogP contribution is -2.45. The third kappa shape index (κ3) is 4.84. The van der Waals surface area contributed by atoms with Crippen LogP contribution >= 0.6 is 23.2 Å². The zero-order valence-corrected chi connectivity index (χ0v) is 16.0. The fourth-order valence-electron chi connectivity index (χ4n) is 2.30. The van der Waals surface area contributed by atoms with Crippen LogP contribution in [0.25, 0.3) is 0 Å². The minimum absolute atomic E-state index is 0.0761. The monoisotopic (exact) mass is 422 g/mol. The molecule has 2 rings (SSSR count). The molecule has 0 aliphatic rings. The van der Waals surface area contributed by atoms with E-state index in [-0.39, 0.29) is 21.4 Å². The van der Waals surface area contributed by atoms with E-state index in [4.69, 9.17) is 23.2 Å². The molecule has 1 atom stereocenters. The lowest BCUT2D eigenvalue weighted by Gasteiger charge is -2.28. The fourth-order valence-corrected chi connectivity index (χ4v) is 3.98. The molecule has 26 heavy (non-hydrogen) atoms. The Kier molecular flexibility index (Phi) is 6.10. The zero-order valence-electron chi connectivity index (χ0n) is 13.6. The van der Waals surface area contributed by atoms with Gasteiger partial charge in [0, 0.05) is 16.1 Å². The van der Waals surface area contributed by atoms with Gasteiger partial charge < -0.3 is 5.32 Å². The lowest BCUT2D eigenvalue weighted by atomic mass is 10.2. The first-order chi connectivity index (χ1) is 12.0. The second kappa shape index (κ2) is 7.77. The molecule has 1 unspecified atom stereocenters. The van der Waals surface area contributed by atoms with Gasteiger partial charge in [0.2, 0.25) is 15.9 Å². The maximum atomic E-state index is 13.7. The van der Waals surface area contributed by atoms with E-state index in [1.54, 1.807) is 0 Å². The number of nitrogens with one attached hydrogen (secondary N) is 1. The highest BCUT2D eigenvalue weighted by molar-refractivity contribution is 7.92. The van der Waals surface area contributed by atoms with E-state index in [2.05, 4.69) is 5.32 Å². The largest absolute Gasteiger partial charge is 0.322 e. The van der Waals surface area contributed by atoms with Gasteiger partial charge in [-0.25, -0.2) is 17.2 Å². The Morgan fingerprint density at radius 3 is 2.19 bits per heavy atom. The van der Waals surface area contributed by atoms with Gasteiger partial charge in [0.1, 0.15) is 17.7 Å². The van der Waals surface area contributed by atoms with Gasteiger partial charge in [-0.15, -0.1) is 0 Å². The van der Waals surface area contributed by atoms with Crippen LogP contribution < -0.4 is 9.62 Å². The second-order valence-corrected chi connectivity index (χ2v) is 8.21. The summed E-state index contributed by atoms with van der Waals surface area (Å²) in [6.45, 7) is 1.31. The Morgan fingerprint density at radius 1 is 1.12 bits per heavy atom. The van der Waals surface area contributed by atoms with Crippen molar-refractivity contribution in [1.29, 1.82) is 0 Å². The molecule has 2 aromatic rings. The third-order valence-electron chi connectivity index (χ3n) is 3.38. The lowest BCUT2D eigenvalue weighted by molar-refractivity contribution is -0.116. The minimum atomic E-state index is -3.90. The smallest absolute Gasteiger partial charge is 0.248 e. The number of carbonyl (C=O) groups excluding carboxylic acids is 1. The molecule has 0 saturated heterocycles. The molecule has 0 saturated carbocycles. The number of halogens is 4. The highest BCUT2D eigenvalue weighted by Gasteiger charge is 2.30. The summed E-state index contributed by atoms with van der Waals surface area (Å²) in [7, 11) is -3.90. The fraction of sp³-hybridized carbons (Fsp3) is 0.188. The number of benzene rings is 2. The first-order valence-electron chi connectivity index (χ1n) is 7.20. The van der Waals surface area contributed by atoms with Crippen LogP contribution in [0, 0.1) is 11.6 Å². The van der Waals surface area contributed by atoms with Crippen LogP contribution in [0.2, 0.25) is 10.0 Å². The predicted molar refractivity (Wildman–Crippen MR) is 98.2 cm³/mol. The van der Waals surface area contributed by atoms with Gasteiger partial charge in [0.25, 0.3) is 0 Å². The van der Waals surface area contributed by atoms with Gasteiger partial charge in [-0.05, 0) is 37.3 Å². The molecule has 0 aliphatic heterocycles. The van der Waals surface area contributed by atoms with Crippen molar-refractivity contribution in [3.8, 4) is 0 Å². The van der Waals surface area contributed by atoms with Crippen molar-refractivity contribution >= 4 is 50.5 Å². The van der Waals surface area contributed by atoms with E-state index in [0.29, 0.717) is 6.07 Å². The second-order valence-electron chi connectivity index (χ2n) is 5.48. The summed E-state index contributed by atoms with van der Waals surface area (Å²) in [4.78, 5) is 12.4. The molecule has 0 fully saturated rings. The summed E-state index contributed by atoms with van der Waals surface area (Å²) in [5.41, 5.74) is -0.201. The zero-order chi connectivity index (χ0) is 19.6. The molecule has 0 aliphatic carbocycles. The van der Waals surface area contributed by atoms with Crippen LogP contribution in [-0.2, 0) is 14.8 Å². The Labute approximate surface area is 159 Å². The molecule has 2 aromatic carbocycles. The molecule has 1 amide bonds. The van der Waals surface area contributed by atoms with E-state index in [9.17, 15) is 22.0 Å². The highest BCUT2D eigenvalue weighted by Crippen LogP contribution is 2.29. The van der Waals surface area contributed by atoms with E-state index >= 15 is 0 Å². The van der Waals surface area contributed by atoms with Crippen LogP contribution in [-0.4, -0.2) is 26.6 Å². The Bertz CT molecular complexity index is 934. The van der Waals surface area contributed by atoms with Gasteiger partial charge in [0.15, 0.2) is 0 Å². The predicted octanol–water partition coefficient (Wildman–Crippen LogP) is 4.06. The van der Waals surface area contributed by atoms with Crippen LogP contribution in [0.15, 0.2) is 36.4 Å². The van der Waals surface area contributed by atoms with E-state index in [1.165, 1.54) is 25.1 Å². The van der Waals surface area contributed by atoms with E-state index < -0.39 is 33.6 Å². The summed E-state index contributed by atoms with van der Waals surface area (Å²) >= 11 is 11.8. The van der Waals surface area contributed by atoms with Crippen LogP contribution in [0.5, 0.6) is 0 Å². The van der Waals surface area contributed by atoms with Crippen LogP contribution in [0.3, 0.4) is 0 Å². The molecule has 0 aromatic heterocycles. The number of carbonyl (C=O) groups is 1. The third-order valence-corrected chi connectivity index (χ3v) is 5.06. The standard InChI is InChI=1S/C16H14Cl2F2N2O3S/c1-9(16(23)21-15-4-3-12(19)8-14(15)20)22(26(2,24)25)13-6-10(17)5-11(18)7-13/h3-9H,1-2H3,(H,21,23). The number of anilines is 2. The molecule has 0 heterocycles. The number of nitrogens with zero attached hydrogens (tertiary/aromatic N) is 1. The first kappa shape index (κ1) is 20.4. The van der Waals surface area contributed by atoms with Gasteiger partial charge in [-0.2, -0.15) is 0 Å². The number of rotatable bonds is 5. The number of hydrogen-bond donors (Lipinski definition) is 1. The Balaban J connectivity index is 2.37. The van der Waals surface area contributed by atoms with Gasteiger partial charge in [-0.1, -0.05) is 23.2 Å². The highest BCUT2D eigenvalue weighted by atomic mass is 35.5. The molecule has 10 heteroatoms. The Hall–Kier alpha value is -1.90. The molecule has 140 valence electrons. The maximum Gasteiger partial charge on any atom is 0.248 e. The summed E-state index contributed by atoms with van der Waals surface area (Å²) in [6, 6.07) is 5.42. The summed E-state index contributed by atoms with van der Waals surface area (Å²) in [5, 5.41) is 2.59. The van der Waals surface area contributed by atoms with Crippen molar-refractivity contribution in [1.82, 2.24) is 0 Å². The number of amides is 1. The minimum Gasteiger partial charge on any atom is -0.322 e. The van der Waals surface area contributed by atoms with E-state index in [0.717, 1.165) is 22.7 Å². The molecule has 0 bridgehead atoms. The quantitative estimate of drug-likeness (QED) is 0.789. The van der Waals surface area contributed by atoms with Gasteiger partial charge in [-0.3, -0.25) is 9.10 Å². The average molecular weight is 423 g/mol. The Morgan fingerprint density at radius 2 is 1.69 bits per heavy atom. The molecule has 1 N–H and O–H groups in total. The summed E-state index contributed by atoms with van der Waals surface area (Å²) < 4.78 is 51.9. The van der Waals surface area contributed by atoms with E-state index in [1.807, 2.05) is 0 Å². The summed E-state index contributed by atoms with van der Waals surface area (Å²) in [6.07, 6.45) is 0.907. The van der Waals surface area contributed by atoms with Crippen molar-refractivity contribution in [2.75, 3.05) is 15.9 Å². The van der Waals surface area contributed by atoms with Crippen molar-refractivity contribution in [2.24, 2.45) is 0 Å². The van der Waals surface area contributed by atoms with Gasteiger partial charge >= 0.3 is 0 Å². The van der Waals surface area contributed by atoms with Crippen LogP contribution in [0.1, 0.15) is 6.92 Å². The molecular formula is C16H14Cl2F2N2O3S. The SMILES string of the molecule is CC(C(=O)Nc1ccc(F)cc1F)N(c1cc(Cl)cc(Cl)c1)S(C)(=O)=O. The topological polar surface area (TPSA) is 66.5 Å². The molecule has 5 nitrogen and oxygen atoms in total. The molecule has 0 radical (unpaired) electrons. The van der Waals surface area contributed by atoms with Crippen molar-refractivity contribution in [3.63, 3.8) is 0 Å². The number of sulfonamides is 1. The van der Waals surface area contributed by atoms with Crippen molar-refractivity contribution < 1.29 is 22.0 Å². The normalized spacial score (nSPS) is 12.5. The molecule has 0 spiro atoms. The first-order valence-corrected chi connectivity index (χ1v) is 9.81. The van der Waals surface area contributed by atoms with Gasteiger partial charge in [0.05, 0.1) is 17.6 Å². The number of hydrogen-bond acceptors (Lipinski definition) is 3.